The largest absolute Gasteiger partial charge is 0.369 e. The third-order valence-corrected chi connectivity index (χ3v) is 7.65. The molecule has 1 heterocycles. The van der Waals surface area contributed by atoms with Gasteiger partial charge in [0.15, 0.2) is 5.96 Å². The van der Waals surface area contributed by atoms with Gasteiger partial charge in [-0.05, 0) is 50.1 Å². The van der Waals surface area contributed by atoms with Gasteiger partial charge in [-0.3, -0.25) is 18.8 Å². The minimum Gasteiger partial charge on any atom is -0.369 e. The van der Waals surface area contributed by atoms with E-state index in [4.69, 9.17) is 5.73 Å². The molecular formula is C26H33N5O4S. The first-order valence-electron chi connectivity index (χ1n) is 11.5. The molecule has 1 aliphatic heterocycles. The van der Waals surface area contributed by atoms with E-state index >= 15 is 0 Å². The number of amides is 2. The monoisotopic (exact) mass is 511 g/mol. The number of benzene rings is 2. The molecule has 0 radical (unpaired) electrons. The van der Waals surface area contributed by atoms with Crippen LogP contribution in [0.1, 0.15) is 54.7 Å². The minimum atomic E-state index is -3.60. The van der Waals surface area contributed by atoms with E-state index in [0.717, 1.165) is 21.7 Å². The molecule has 9 nitrogen and oxygen atoms in total. The van der Waals surface area contributed by atoms with Crippen molar-refractivity contribution in [2.45, 2.75) is 45.3 Å². The van der Waals surface area contributed by atoms with Crippen LogP contribution in [0.15, 0.2) is 65.7 Å². The van der Waals surface area contributed by atoms with Crippen molar-refractivity contribution in [3.63, 3.8) is 0 Å². The summed E-state index contributed by atoms with van der Waals surface area (Å²) < 4.78 is 25.5. The summed E-state index contributed by atoms with van der Waals surface area (Å²) in [5.41, 5.74) is 8.11. The Kier molecular flexibility index (Phi) is 7.59. The van der Waals surface area contributed by atoms with Crippen molar-refractivity contribution in [2.75, 3.05) is 17.6 Å². The van der Waals surface area contributed by atoms with Gasteiger partial charge in [0.05, 0.1) is 36.5 Å². The van der Waals surface area contributed by atoms with E-state index in [-0.39, 0.29) is 42.3 Å². The zero-order chi connectivity index (χ0) is 26.8. The second kappa shape index (κ2) is 10.1. The van der Waals surface area contributed by atoms with Crippen molar-refractivity contribution in [3.8, 4) is 0 Å². The van der Waals surface area contributed by atoms with Crippen molar-refractivity contribution in [1.82, 2.24) is 10.2 Å². The van der Waals surface area contributed by atoms with E-state index in [1.807, 2.05) is 37.3 Å². The van der Waals surface area contributed by atoms with Crippen LogP contribution in [0.25, 0.3) is 0 Å². The number of carbonyl (C=O) groups is 2. The summed E-state index contributed by atoms with van der Waals surface area (Å²) >= 11 is 0. The molecule has 2 amide bonds. The molecule has 192 valence electrons. The Morgan fingerprint density at radius 3 is 2.47 bits per heavy atom. The Hall–Kier alpha value is -3.66. The fourth-order valence-corrected chi connectivity index (χ4v) is 4.33. The molecule has 0 saturated carbocycles. The number of sulfonamides is 1. The normalized spacial score (nSPS) is 18.9. The number of carbonyl (C=O) groups excluding carboxylic acids is 2. The molecule has 2 unspecified atom stereocenters. The Morgan fingerprint density at radius 1 is 1.28 bits per heavy atom. The van der Waals surface area contributed by atoms with Gasteiger partial charge in [0.25, 0.3) is 5.91 Å². The molecule has 10 heteroatoms. The van der Waals surface area contributed by atoms with Crippen LogP contribution in [-0.4, -0.2) is 49.9 Å². The van der Waals surface area contributed by atoms with Crippen LogP contribution >= 0.6 is 0 Å². The number of nitrogens with two attached hydrogens (primary N) is 1. The van der Waals surface area contributed by atoms with Gasteiger partial charge in [-0.15, -0.1) is 0 Å². The van der Waals surface area contributed by atoms with Gasteiger partial charge in [0, 0.05) is 12.6 Å². The predicted molar refractivity (Wildman–Crippen MR) is 142 cm³/mol. The first-order valence-corrected chi connectivity index (χ1v) is 13.3. The maximum absolute atomic E-state index is 13.2. The van der Waals surface area contributed by atoms with Crippen LogP contribution < -0.4 is 15.4 Å². The van der Waals surface area contributed by atoms with Gasteiger partial charge in [0.2, 0.25) is 15.9 Å². The Bertz CT molecular complexity index is 1320. The predicted octanol–water partition coefficient (Wildman–Crippen LogP) is 2.96. The molecule has 0 bridgehead atoms. The summed E-state index contributed by atoms with van der Waals surface area (Å²) in [7, 11) is -2.19. The van der Waals surface area contributed by atoms with E-state index in [0.29, 0.717) is 11.3 Å². The topological polar surface area (TPSA) is 125 Å². The summed E-state index contributed by atoms with van der Waals surface area (Å²) in [6.45, 7) is 9.41. The molecule has 0 spiro atoms. The molecule has 2 atom stereocenters. The first-order chi connectivity index (χ1) is 16.7. The van der Waals surface area contributed by atoms with E-state index in [9.17, 15) is 18.0 Å². The number of hydrogen-bond acceptors (Lipinski definition) is 6. The molecular weight excluding hydrogens is 478 g/mol. The SMILES string of the molecule is C=C(C)C1(C)CC(=O)N(Cc2cc(C(=O)NC(C)c3ccccc3)cc(N(C)S(C)(=O)=O)c2)C(N)=N1. The second-order valence-corrected chi connectivity index (χ2v) is 11.4. The lowest BCUT2D eigenvalue weighted by atomic mass is 9.89. The molecule has 0 aromatic heterocycles. The van der Waals surface area contributed by atoms with Crippen LogP contribution in [0.2, 0.25) is 0 Å². The van der Waals surface area contributed by atoms with Crippen molar-refractivity contribution in [1.29, 1.82) is 0 Å². The number of anilines is 1. The first kappa shape index (κ1) is 26.9. The molecule has 0 aliphatic carbocycles. The summed E-state index contributed by atoms with van der Waals surface area (Å²) in [5, 5.41) is 2.94. The van der Waals surface area contributed by atoms with Gasteiger partial charge < -0.3 is 11.1 Å². The highest BCUT2D eigenvalue weighted by atomic mass is 32.2. The number of guanidine groups is 1. The highest BCUT2D eigenvalue weighted by Crippen LogP contribution is 2.30. The molecule has 3 N–H and O–H groups in total. The Labute approximate surface area is 212 Å². The smallest absolute Gasteiger partial charge is 0.251 e. The standard InChI is InChI=1S/C26H33N5O4S/c1-17(2)26(4)15-23(32)31(25(27)29-26)16-19-12-21(14-22(13-19)30(5)36(6,34)35)24(33)28-18(3)20-10-8-7-9-11-20/h7-14,18H,1,15-16H2,2-6H3,(H2,27,29)(H,28,33). The zero-order valence-electron chi connectivity index (χ0n) is 21.3. The third kappa shape index (κ3) is 5.93. The minimum absolute atomic E-state index is 0.0282. The van der Waals surface area contributed by atoms with Crippen molar-refractivity contribution in [2.24, 2.45) is 10.7 Å². The van der Waals surface area contributed by atoms with Gasteiger partial charge in [-0.25, -0.2) is 13.4 Å². The fraction of sp³-hybridized carbons (Fsp3) is 0.346. The fourth-order valence-electron chi connectivity index (χ4n) is 3.84. The number of rotatable bonds is 8. The number of nitrogens with one attached hydrogen (secondary N) is 1. The molecule has 1 aliphatic rings. The number of aliphatic imine (C=N–C) groups is 1. The molecule has 36 heavy (non-hydrogen) atoms. The number of nitrogens with zero attached hydrogens (tertiary/aromatic N) is 3. The summed E-state index contributed by atoms with van der Waals surface area (Å²) in [6, 6.07) is 14.0. The van der Waals surface area contributed by atoms with Crippen LogP contribution in [0.4, 0.5) is 5.69 Å². The van der Waals surface area contributed by atoms with Crippen LogP contribution in [0, 0.1) is 0 Å². The maximum atomic E-state index is 13.2. The second-order valence-electron chi connectivity index (χ2n) is 9.41. The highest BCUT2D eigenvalue weighted by Gasteiger charge is 2.36. The lowest BCUT2D eigenvalue weighted by Gasteiger charge is -2.35. The zero-order valence-corrected chi connectivity index (χ0v) is 22.1. The summed E-state index contributed by atoms with van der Waals surface area (Å²) in [6.07, 6.45) is 1.18. The molecule has 3 rings (SSSR count). The molecule has 0 saturated heterocycles. The van der Waals surface area contributed by atoms with Gasteiger partial charge >= 0.3 is 0 Å². The molecule has 0 fully saturated rings. The third-order valence-electron chi connectivity index (χ3n) is 6.44. The van der Waals surface area contributed by atoms with Crippen molar-refractivity contribution >= 4 is 33.5 Å². The molecule has 2 aromatic rings. The van der Waals surface area contributed by atoms with E-state index in [1.165, 1.54) is 18.0 Å². The quantitative estimate of drug-likeness (QED) is 0.527. The van der Waals surface area contributed by atoms with Crippen molar-refractivity contribution in [3.05, 3.63) is 77.4 Å². The Balaban J connectivity index is 1.97. The lowest BCUT2D eigenvalue weighted by molar-refractivity contribution is -0.129. The number of hydrogen-bond donors (Lipinski definition) is 2. The van der Waals surface area contributed by atoms with Gasteiger partial charge in [-0.1, -0.05) is 42.5 Å². The average Bonchev–Trinajstić information content (AvgIpc) is 2.80. The van der Waals surface area contributed by atoms with Crippen LogP contribution in [0.5, 0.6) is 0 Å². The highest BCUT2D eigenvalue weighted by molar-refractivity contribution is 7.92. The maximum Gasteiger partial charge on any atom is 0.251 e. The van der Waals surface area contributed by atoms with E-state index in [2.05, 4.69) is 16.9 Å². The summed E-state index contributed by atoms with van der Waals surface area (Å²) in [5.74, 6) is -0.571. The van der Waals surface area contributed by atoms with Crippen molar-refractivity contribution < 1.29 is 18.0 Å². The lowest BCUT2D eigenvalue weighted by Crippen LogP contribution is -2.50. The summed E-state index contributed by atoms with van der Waals surface area (Å²) in [4.78, 5) is 32.0. The molecule has 2 aromatic carbocycles. The van der Waals surface area contributed by atoms with Crippen LogP contribution in [0.3, 0.4) is 0 Å². The Morgan fingerprint density at radius 2 is 1.92 bits per heavy atom. The van der Waals surface area contributed by atoms with E-state index < -0.39 is 15.6 Å². The van der Waals surface area contributed by atoms with Gasteiger partial charge in [0.1, 0.15) is 0 Å². The average molecular weight is 512 g/mol. The van der Waals surface area contributed by atoms with Gasteiger partial charge in [-0.2, -0.15) is 0 Å². The van der Waals surface area contributed by atoms with Crippen LogP contribution in [-0.2, 0) is 21.4 Å². The van der Waals surface area contributed by atoms with E-state index in [1.54, 1.807) is 26.0 Å².